The van der Waals surface area contributed by atoms with E-state index in [0.29, 0.717) is 24.1 Å². The molecule has 3 aromatic carbocycles. The highest BCUT2D eigenvalue weighted by atomic mass is 19.4. The van der Waals surface area contributed by atoms with Crippen LogP contribution >= 0.6 is 0 Å². The molecular formula is C27H25F3N2O2. The summed E-state index contributed by atoms with van der Waals surface area (Å²) in [6.07, 6.45) is -4.14. The topological polar surface area (TPSA) is 49.4 Å². The van der Waals surface area contributed by atoms with Crippen molar-refractivity contribution in [3.63, 3.8) is 0 Å². The van der Waals surface area contributed by atoms with Crippen molar-refractivity contribution in [2.24, 2.45) is 0 Å². The van der Waals surface area contributed by atoms with E-state index in [4.69, 9.17) is 0 Å². The van der Waals surface area contributed by atoms with Crippen LogP contribution in [0.25, 0.3) is 0 Å². The average Bonchev–Trinajstić information content (AvgIpc) is 2.81. The molecule has 4 rings (SSSR count). The van der Waals surface area contributed by atoms with Crippen molar-refractivity contribution in [2.75, 3.05) is 0 Å². The maximum absolute atomic E-state index is 13.5. The first-order chi connectivity index (χ1) is 16.1. The first-order valence-electron chi connectivity index (χ1n) is 11.0. The summed E-state index contributed by atoms with van der Waals surface area (Å²) in [4.78, 5) is 28.4. The summed E-state index contributed by atoms with van der Waals surface area (Å²) < 4.78 is 38.9. The van der Waals surface area contributed by atoms with Gasteiger partial charge in [-0.2, -0.15) is 13.2 Å². The quantitative estimate of drug-likeness (QED) is 0.556. The monoisotopic (exact) mass is 466 g/mol. The summed E-state index contributed by atoms with van der Waals surface area (Å²) >= 11 is 0. The first kappa shape index (κ1) is 23.5. The lowest BCUT2D eigenvalue weighted by Gasteiger charge is -2.44. The van der Waals surface area contributed by atoms with Gasteiger partial charge in [0, 0.05) is 25.1 Å². The number of alkyl halides is 3. The number of halogens is 3. The zero-order valence-electron chi connectivity index (χ0n) is 18.9. The highest BCUT2D eigenvalue weighted by molar-refractivity contribution is 6.02. The predicted molar refractivity (Wildman–Crippen MR) is 123 cm³/mol. The molecule has 2 amide bonds. The van der Waals surface area contributed by atoms with Gasteiger partial charge in [0.05, 0.1) is 5.56 Å². The van der Waals surface area contributed by atoms with Gasteiger partial charge in [0.25, 0.3) is 5.91 Å². The van der Waals surface area contributed by atoms with E-state index < -0.39 is 17.3 Å². The molecule has 0 radical (unpaired) electrons. The highest BCUT2D eigenvalue weighted by Gasteiger charge is 2.46. The molecule has 0 aliphatic carbocycles. The number of nitrogens with one attached hydrogen (secondary N) is 1. The van der Waals surface area contributed by atoms with Crippen LogP contribution in [0, 0.1) is 6.92 Å². The lowest BCUT2D eigenvalue weighted by atomic mass is 9.82. The molecule has 0 spiro atoms. The number of hydrogen-bond donors (Lipinski definition) is 1. The standard InChI is InChI=1S/C27H25F3N2O2/c1-18-7-3-4-9-21(18)16-31-25(34)26(2)15-20-8-5-6-10-23(20)24(33)32(26)17-19-11-13-22(14-12-19)27(28,29)30/h3-14H,15-17H2,1-2H3,(H,31,34)/t26-/m0/s1. The number of hydrogen-bond acceptors (Lipinski definition) is 2. The van der Waals surface area contributed by atoms with Crippen LogP contribution in [0.15, 0.2) is 72.8 Å². The molecule has 1 aliphatic rings. The maximum Gasteiger partial charge on any atom is 0.416 e. The smallest absolute Gasteiger partial charge is 0.350 e. The Morgan fingerprint density at radius 2 is 1.65 bits per heavy atom. The Balaban J connectivity index is 1.64. The molecule has 1 aliphatic heterocycles. The van der Waals surface area contributed by atoms with Gasteiger partial charge in [-0.3, -0.25) is 9.59 Å². The van der Waals surface area contributed by atoms with Crippen molar-refractivity contribution >= 4 is 11.8 Å². The third kappa shape index (κ3) is 4.55. The highest BCUT2D eigenvalue weighted by Crippen LogP contribution is 2.34. The van der Waals surface area contributed by atoms with Crippen molar-refractivity contribution in [1.82, 2.24) is 10.2 Å². The van der Waals surface area contributed by atoms with Crippen molar-refractivity contribution in [3.8, 4) is 0 Å². The van der Waals surface area contributed by atoms with Crippen molar-refractivity contribution in [3.05, 3.63) is 106 Å². The van der Waals surface area contributed by atoms with E-state index in [-0.39, 0.29) is 18.4 Å². The number of nitrogens with zero attached hydrogens (tertiary/aromatic N) is 1. The second-order valence-electron chi connectivity index (χ2n) is 8.80. The van der Waals surface area contributed by atoms with Crippen molar-refractivity contribution < 1.29 is 22.8 Å². The molecule has 0 unspecified atom stereocenters. The number of aryl methyl sites for hydroxylation is 1. The summed E-state index contributed by atoms with van der Waals surface area (Å²) in [5.74, 6) is -0.638. The molecule has 34 heavy (non-hydrogen) atoms. The normalized spacial score (nSPS) is 17.9. The van der Waals surface area contributed by atoms with E-state index in [1.165, 1.54) is 17.0 Å². The fourth-order valence-corrected chi connectivity index (χ4v) is 4.32. The molecule has 0 aromatic heterocycles. The molecule has 0 fully saturated rings. The number of benzene rings is 3. The minimum Gasteiger partial charge on any atom is -0.350 e. The molecule has 7 heteroatoms. The average molecular weight is 467 g/mol. The van der Waals surface area contributed by atoms with Gasteiger partial charge in [0.1, 0.15) is 5.54 Å². The molecule has 1 N–H and O–H groups in total. The van der Waals surface area contributed by atoms with Crippen LogP contribution in [0.1, 0.15) is 45.1 Å². The minimum atomic E-state index is -4.44. The predicted octanol–water partition coefficient (Wildman–Crippen LogP) is 5.29. The lowest BCUT2D eigenvalue weighted by Crippen LogP contribution is -2.62. The summed E-state index contributed by atoms with van der Waals surface area (Å²) in [7, 11) is 0. The zero-order chi connectivity index (χ0) is 24.5. The van der Waals surface area contributed by atoms with Crippen LogP contribution < -0.4 is 5.32 Å². The maximum atomic E-state index is 13.5. The third-order valence-corrected chi connectivity index (χ3v) is 6.44. The Kier molecular flexibility index (Phi) is 6.21. The third-order valence-electron chi connectivity index (χ3n) is 6.44. The van der Waals surface area contributed by atoms with Crippen LogP contribution in [0.2, 0.25) is 0 Å². The Labute approximate surface area is 196 Å². The van der Waals surface area contributed by atoms with Crippen LogP contribution in [0.3, 0.4) is 0 Å². The number of fused-ring (bicyclic) bond motifs is 1. The first-order valence-corrected chi connectivity index (χ1v) is 11.0. The molecular weight excluding hydrogens is 441 g/mol. The van der Waals surface area contributed by atoms with E-state index in [2.05, 4.69) is 5.32 Å². The minimum absolute atomic E-state index is 0.0135. The summed E-state index contributed by atoms with van der Waals surface area (Å²) in [6.45, 7) is 3.99. The zero-order valence-corrected chi connectivity index (χ0v) is 18.9. The number of carbonyl (C=O) groups excluding carboxylic acids is 2. The van der Waals surface area contributed by atoms with E-state index in [9.17, 15) is 22.8 Å². The van der Waals surface area contributed by atoms with Gasteiger partial charge < -0.3 is 10.2 Å². The van der Waals surface area contributed by atoms with E-state index in [1.54, 1.807) is 19.1 Å². The molecule has 0 saturated carbocycles. The molecule has 1 atom stereocenters. The summed E-state index contributed by atoms with van der Waals surface area (Å²) in [5, 5.41) is 2.96. The number of rotatable bonds is 5. The van der Waals surface area contributed by atoms with Crippen molar-refractivity contribution in [2.45, 2.75) is 45.1 Å². The molecule has 0 bridgehead atoms. The van der Waals surface area contributed by atoms with Gasteiger partial charge in [-0.25, -0.2) is 0 Å². The molecule has 176 valence electrons. The van der Waals surface area contributed by atoms with Gasteiger partial charge >= 0.3 is 6.18 Å². The second kappa shape index (κ2) is 8.97. The van der Waals surface area contributed by atoms with Gasteiger partial charge in [-0.05, 0) is 54.3 Å². The lowest BCUT2D eigenvalue weighted by molar-refractivity contribution is -0.137. The van der Waals surface area contributed by atoms with Gasteiger partial charge in [0.15, 0.2) is 0 Å². The Hall–Kier alpha value is -3.61. The van der Waals surface area contributed by atoms with Gasteiger partial charge in [0.2, 0.25) is 5.91 Å². The largest absolute Gasteiger partial charge is 0.416 e. The molecule has 1 heterocycles. The summed E-state index contributed by atoms with van der Waals surface area (Å²) in [6, 6.07) is 19.5. The van der Waals surface area contributed by atoms with E-state index in [1.807, 2.05) is 43.3 Å². The SMILES string of the molecule is Cc1ccccc1CNC(=O)[C@]1(C)Cc2ccccc2C(=O)N1Cc1ccc(C(F)(F)F)cc1. The Morgan fingerprint density at radius 1 is 1.00 bits per heavy atom. The second-order valence-corrected chi connectivity index (χ2v) is 8.80. The van der Waals surface area contributed by atoms with E-state index in [0.717, 1.165) is 28.8 Å². The van der Waals surface area contributed by atoms with Crippen molar-refractivity contribution in [1.29, 1.82) is 0 Å². The van der Waals surface area contributed by atoms with Crippen LogP contribution in [-0.2, 0) is 30.5 Å². The van der Waals surface area contributed by atoms with Crippen LogP contribution in [-0.4, -0.2) is 22.3 Å². The van der Waals surface area contributed by atoms with Crippen LogP contribution in [0.4, 0.5) is 13.2 Å². The fraction of sp³-hybridized carbons (Fsp3) is 0.259. The van der Waals surface area contributed by atoms with E-state index >= 15 is 0 Å². The molecule has 4 nitrogen and oxygen atoms in total. The van der Waals surface area contributed by atoms with Crippen LogP contribution in [0.5, 0.6) is 0 Å². The Bertz CT molecular complexity index is 1220. The van der Waals surface area contributed by atoms with Gasteiger partial charge in [-0.15, -0.1) is 0 Å². The Morgan fingerprint density at radius 3 is 2.32 bits per heavy atom. The fourth-order valence-electron chi connectivity index (χ4n) is 4.32. The van der Waals surface area contributed by atoms with Gasteiger partial charge in [-0.1, -0.05) is 54.6 Å². The molecule has 0 saturated heterocycles. The number of amides is 2. The number of carbonyl (C=O) groups is 2. The summed E-state index contributed by atoms with van der Waals surface area (Å²) in [5.41, 5.74) is 1.82. The molecule has 3 aromatic rings.